The lowest BCUT2D eigenvalue weighted by molar-refractivity contribution is 1.26. The van der Waals surface area contributed by atoms with Crippen LogP contribution in [0.3, 0.4) is 0 Å². The predicted octanol–water partition coefficient (Wildman–Crippen LogP) is 8.34. The van der Waals surface area contributed by atoms with Crippen LogP contribution >= 0.6 is 0 Å². The van der Waals surface area contributed by atoms with E-state index in [1.165, 1.54) is 50.2 Å². The van der Waals surface area contributed by atoms with Crippen molar-refractivity contribution in [2.45, 2.75) is 6.42 Å². The summed E-state index contributed by atoms with van der Waals surface area (Å²) < 4.78 is 0. The van der Waals surface area contributed by atoms with Crippen LogP contribution in [0.2, 0.25) is 0 Å². The van der Waals surface area contributed by atoms with Gasteiger partial charge in [-0.25, -0.2) is 0 Å². The Balaban J connectivity index is 1.69. The SMILES string of the molecule is c1ccc(Nc2c3c(cc(-c4ccccc4)c2-c2ccccc2)-c2ccccc2C3)cc1. The molecule has 0 unspecified atom stereocenters. The second-order valence-electron chi connectivity index (χ2n) is 8.26. The molecule has 6 rings (SSSR count). The van der Waals surface area contributed by atoms with Gasteiger partial charge in [0.05, 0.1) is 5.69 Å². The molecule has 0 aliphatic heterocycles. The first kappa shape index (κ1) is 18.7. The Morgan fingerprint density at radius 3 is 1.81 bits per heavy atom. The molecule has 0 saturated carbocycles. The van der Waals surface area contributed by atoms with Crippen molar-refractivity contribution in [2.24, 2.45) is 0 Å². The standard InChI is InChI=1S/C31H23N/c1-4-12-22(13-5-1)27-21-28-26-19-11-10-16-24(26)20-29(28)31(32-25-17-8-3-9-18-25)30(27)23-14-6-2-7-15-23/h1-19,21,32H,20H2. The smallest absolute Gasteiger partial charge is 0.0512 e. The summed E-state index contributed by atoms with van der Waals surface area (Å²) in [5.74, 6) is 0. The van der Waals surface area contributed by atoms with Gasteiger partial charge in [0, 0.05) is 17.7 Å². The van der Waals surface area contributed by atoms with Crippen molar-refractivity contribution in [3.05, 3.63) is 132 Å². The van der Waals surface area contributed by atoms with E-state index in [4.69, 9.17) is 0 Å². The Kier molecular flexibility index (Phi) is 4.58. The second kappa shape index (κ2) is 7.86. The molecule has 0 fully saturated rings. The number of nitrogens with one attached hydrogen (secondary N) is 1. The van der Waals surface area contributed by atoms with Gasteiger partial charge in [0.1, 0.15) is 0 Å². The number of hydrogen-bond donors (Lipinski definition) is 1. The maximum Gasteiger partial charge on any atom is 0.0512 e. The molecule has 1 aliphatic carbocycles. The molecule has 1 nitrogen and oxygen atoms in total. The predicted molar refractivity (Wildman–Crippen MR) is 135 cm³/mol. The van der Waals surface area contributed by atoms with Gasteiger partial charge in [0.15, 0.2) is 0 Å². The van der Waals surface area contributed by atoms with Crippen LogP contribution in [0.4, 0.5) is 11.4 Å². The number of anilines is 2. The number of para-hydroxylation sites is 1. The van der Waals surface area contributed by atoms with Gasteiger partial charge >= 0.3 is 0 Å². The molecular weight excluding hydrogens is 386 g/mol. The molecule has 0 radical (unpaired) electrons. The second-order valence-corrected chi connectivity index (χ2v) is 8.26. The highest BCUT2D eigenvalue weighted by molar-refractivity contribution is 6.00. The van der Waals surface area contributed by atoms with E-state index in [-0.39, 0.29) is 0 Å². The van der Waals surface area contributed by atoms with Gasteiger partial charge < -0.3 is 5.32 Å². The molecule has 0 spiro atoms. The van der Waals surface area contributed by atoms with Gasteiger partial charge in [0.25, 0.3) is 0 Å². The maximum atomic E-state index is 3.82. The van der Waals surface area contributed by atoms with Crippen LogP contribution in [-0.4, -0.2) is 0 Å². The van der Waals surface area contributed by atoms with Gasteiger partial charge in [0.2, 0.25) is 0 Å². The quantitative estimate of drug-likeness (QED) is 0.308. The Labute approximate surface area is 189 Å². The fourth-order valence-electron chi connectivity index (χ4n) is 4.83. The van der Waals surface area contributed by atoms with Crippen LogP contribution in [0.1, 0.15) is 11.1 Å². The summed E-state index contributed by atoms with van der Waals surface area (Å²) in [6.07, 6.45) is 0.940. The Morgan fingerprint density at radius 1 is 0.500 bits per heavy atom. The fourth-order valence-corrected chi connectivity index (χ4v) is 4.83. The van der Waals surface area contributed by atoms with E-state index in [2.05, 4.69) is 127 Å². The summed E-state index contributed by atoms with van der Waals surface area (Å²) in [5.41, 5.74) is 12.7. The molecule has 152 valence electrons. The minimum atomic E-state index is 0.940. The zero-order valence-corrected chi connectivity index (χ0v) is 17.8. The molecule has 0 bridgehead atoms. The third kappa shape index (κ3) is 3.19. The lowest BCUT2D eigenvalue weighted by atomic mass is 9.87. The molecule has 5 aromatic rings. The van der Waals surface area contributed by atoms with Crippen molar-refractivity contribution in [3.8, 4) is 33.4 Å². The topological polar surface area (TPSA) is 12.0 Å². The number of fused-ring (bicyclic) bond motifs is 3. The van der Waals surface area contributed by atoms with E-state index in [0.717, 1.165) is 12.1 Å². The average molecular weight is 410 g/mol. The van der Waals surface area contributed by atoms with E-state index in [1.807, 2.05) is 0 Å². The molecule has 0 aromatic heterocycles. The lowest BCUT2D eigenvalue weighted by Gasteiger charge is -2.22. The van der Waals surface area contributed by atoms with Crippen molar-refractivity contribution in [1.29, 1.82) is 0 Å². The molecule has 0 heterocycles. The van der Waals surface area contributed by atoms with Gasteiger partial charge in [-0.3, -0.25) is 0 Å². The number of hydrogen-bond acceptors (Lipinski definition) is 1. The normalized spacial score (nSPS) is 11.6. The van der Waals surface area contributed by atoms with Crippen LogP contribution in [0.15, 0.2) is 121 Å². The summed E-state index contributed by atoms with van der Waals surface area (Å²) in [5, 5.41) is 3.82. The molecular formula is C31H23N. The molecule has 0 amide bonds. The van der Waals surface area contributed by atoms with Crippen molar-refractivity contribution in [3.63, 3.8) is 0 Å². The minimum Gasteiger partial charge on any atom is -0.355 e. The summed E-state index contributed by atoms with van der Waals surface area (Å²) >= 11 is 0. The minimum absolute atomic E-state index is 0.940. The van der Waals surface area contributed by atoms with Gasteiger partial charge in [-0.05, 0) is 57.1 Å². The molecule has 0 atom stereocenters. The highest BCUT2D eigenvalue weighted by Crippen LogP contribution is 2.49. The van der Waals surface area contributed by atoms with E-state index < -0.39 is 0 Å². The monoisotopic (exact) mass is 409 g/mol. The highest BCUT2D eigenvalue weighted by Gasteiger charge is 2.26. The molecule has 5 aromatic carbocycles. The maximum absolute atomic E-state index is 3.82. The summed E-state index contributed by atoms with van der Waals surface area (Å²) in [4.78, 5) is 0. The Bertz CT molecular complexity index is 1390. The summed E-state index contributed by atoms with van der Waals surface area (Å²) in [6, 6.07) is 43.2. The summed E-state index contributed by atoms with van der Waals surface area (Å²) in [7, 11) is 0. The van der Waals surface area contributed by atoms with Crippen molar-refractivity contribution >= 4 is 11.4 Å². The average Bonchev–Trinajstić information content (AvgIpc) is 3.24. The van der Waals surface area contributed by atoms with Gasteiger partial charge in [-0.2, -0.15) is 0 Å². The fraction of sp³-hybridized carbons (Fsp3) is 0.0323. The van der Waals surface area contributed by atoms with Crippen molar-refractivity contribution in [2.75, 3.05) is 5.32 Å². The van der Waals surface area contributed by atoms with Crippen LogP contribution in [0.25, 0.3) is 33.4 Å². The highest BCUT2D eigenvalue weighted by atomic mass is 14.9. The molecule has 1 heteroatoms. The van der Waals surface area contributed by atoms with E-state index in [0.29, 0.717) is 0 Å². The van der Waals surface area contributed by atoms with E-state index in [1.54, 1.807) is 0 Å². The van der Waals surface area contributed by atoms with Crippen molar-refractivity contribution in [1.82, 2.24) is 0 Å². The summed E-state index contributed by atoms with van der Waals surface area (Å²) in [6.45, 7) is 0. The molecule has 1 N–H and O–H groups in total. The lowest BCUT2D eigenvalue weighted by Crippen LogP contribution is -2.01. The molecule has 0 saturated heterocycles. The largest absolute Gasteiger partial charge is 0.355 e. The van der Waals surface area contributed by atoms with Crippen LogP contribution in [0, 0.1) is 0 Å². The Hall–Kier alpha value is -4.10. The van der Waals surface area contributed by atoms with Gasteiger partial charge in [-0.15, -0.1) is 0 Å². The first-order valence-corrected chi connectivity index (χ1v) is 11.1. The van der Waals surface area contributed by atoms with Gasteiger partial charge in [-0.1, -0.05) is 103 Å². The Morgan fingerprint density at radius 2 is 1.09 bits per heavy atom. The zero-order valence-electron chi connectivity index (χ0n) is 17.8. The first-order valence-electron chi connectivity index (χ1n) is 11.1. The third-order valence-electron chi connectivity index (χ3n) is 6.30. The van der Waals surface area contributed by atoms with Crippen molar-refractivity contribution < 1.29 is 0 Å². The molecule has 1 aliphatic rings. The first-order chi connectivity index (χ1) is 15.9. The van der Waals surface area contributed by atoms with E-state index in [9.17, 15) is 0 Å². The number of rotatable bonds is 4. The van der Waals surface area contributed by atoms with Crippen LogP contribution in [0.5, 0.6) is 0 Å². The number of benzene rings is 5. The van der Waals surface area contributed by atoms with E-state index >= 15 is 0 Å². The van der Waals surface area contributed by atoms with Crippen LogP contribution in [-0.2, 0) is 6.42 Å². The molecule has 32 heavy (non-hydrogen) atoms. The zero-order chi connectivity index (χ0) is 21.3. The van der Waals surface area contributed by atoms with Crippen LogP contribution < -0.4 is 5.32 Å². The third-order valence-corrected chi connectivity index (χ3v) is 6.30.